The summed E-state index contributed by atoms with van der Waals surface area (Å²) in [5.74, 6) is 1.47. The average Bonchev–Trinajstić information content (AvgIpc) is 2.53. The highest BCUT2D eigenvalue weighted by atomic mass is 16.5. The molecule has 1 heterocycles. The fraction of sp³-hybridized carbons (Fsp3) is 0.188. The van der Waals surface area contributed by atoms with Gasteiger partial charge in [0, 0.05) is 6.07 Å². The predicted octanol–water partition coefficient (Wildman–Crippen LogP) is 2.97. The van der Waals surface area contributed by atoms with Crippen LogP contribution in [0.4, 0.5) is 0 Å². The summed E-state index contributed by atoms with van der Waals surface area (Å²) >= 11 is 0. The largest absolute Gasteiger partial charge is 0.496 e. The fourth-order valence-electron chi connectivity index (χ4n) is 2.37. The van der Waals surface area contributed by atoms with Crippen LogP contribution in [0.25, 0.3) is 21.9 Å². The van der Waals surface area contributed by atoms with Gasteiger partial charge in [0.15, 0.2) is 11.5 Å². The molecule has 21 heavy (non-hydrogen) atoms. The van der Waals surface area contributed by atoms with Crippen molar-refractivity contribution in [3.8, 4) is 17.2 Å². The molecule has 0 aliphatic carbocycles. The molecule has 3 aromatic rings. The van der Waals surface area contributed by atoms with E-state index in [1.807, 2.05) is 0 Å². The molecule has 0 saturated heterocycles. The van der Waals surface area contributed by atoms with Crippen molar-refractivity contribution in [3.05, 3.63) is 40.6 Å². The third-order valence-corrected chi connectivity index (χ3v) is 3.39. The van der Waals surface area contributed by atoms with E-state index in [9.17, 15) is 4.79 Å². The molecule has 0 atom stereocenters. The topological polar surface area (TPSA) is 57.9 Å². The number of rotatable bonds is 3. The number of hydrogen-bond donors (Lipinski definition) is 0. The minimum Gasteiger partial charge on any atom is -0.496 e. The lowest BCUT2D eigenvalue weighted by Gasteiger charge is -2.10. The van der Waals surface area contributed by atoms with E-state index < -0.39 is 0 Å². The van der Waals surface area contributed by atoms with Crippen LogP contribution in [0.3, 0.4) is 0 Å². The molecule has 0 spiro atoms. The Labute approximate surface area is 120 Å². The second kappa shape index (κ2) is 5.01. The lowest BCUT2D eigenvalue weighted by Crippen LogP contribution is -2.05. The van der Waals surface area contributed by atoms with Gasteiger partial charge in [-0.25, -0.2) is 0 Å². The zero-order valence-corrected chi connectivity index (χ0v) is 11.9. The van der Waals surface area contributed by atoms with Crippen molar-refractivity contribution in [2.24, 2.45) is 0 Å². The molecule has 0 aliphatic rings. The molecule has 5 nitrogen and oxygen atoms in total. The highest BCUT2D eigenvalue weighted by Gasteiger charge is 2.15. The maximum absolute atomic E-state index is 12.7. The Hall–Kier alpha value is -2.69. The molecular weight excluding hydrogens is 272 g/mol. The molecule has 0 N–H and O–H groups in total. The summed E-state index contributed by atoms with van der Waals surface area (Å²) in [4.78, 5) is 12.7. The zero-order valence-electron chi connectivity index (χ0n) is 11.9. The van der Waals surface area contributed by atoms with Gasteiger partial charge in [0.25, 0.3) is 0 Å². The highest BCUT2D eigenvalue weighted by molar-refractivity contribution is 5.94. The van der Waals surface area contributed by atoms with Gasteiger partial charge >= 0.3 is 0 Å². The molecule has 5 heteroatoms. The first-order valence-corrected chi connectivity index (χ1v) is 6.35. The van der Waals surface area contributed by atoms with Crippen molar-refractivity contribution in [2.45, 2.75) is 0 Å². The van der Waals surface area contributed by atoms with Crippen LogP contribution in [0.5, 0.6) is 17.2 Å². The lowest BCUT2D eigenvalue weighted by atomic mass is 10.1. The van der Waals surface area contributed by atoms with E-state index in [1.54, 1.807) is 30.3 Å². The average molecular weight is 286 g/mol. The van der Waals surface area contributed by atoms with Crippen LogP contribution in [0.15, 0.2) is 39.5 Å². The van der Waals surface area contributed by atoms with Crippen LogP contribution >= 0.6 is 0 Å². The van der Waals surface area contributed by atoms with Crippen molar-refractivity contribution in [2.75, 3.05) is 21.3 Å². The van der Waals surface area contributed by atoms with Crippen LogP contribution in [0.1, 0.15) is 0 Å². The van der Waals surface area contributed by atoms with Crippen LogP contribution in [-0.4, -0.2) is 21.3 Å². The first kappa shape index (κ1) is 13.3. The Morgan fingerprint density at radius 3 is 2.19 bits per heavy atom. The van der Waals surface area contributed by atoms with Gasteiger partial charge in [-0.1, -0.05) is 6.07 Å². The third-order valence-electron chi connectivity index (χ3n) is 3.39. The Morgan fingerprint density at radius 1 is 0.857 bits per heavy atom. The van der Waals surface area contributed by atoms with Crippen LogP contribution < -0.4 is 19.6 Å². The third kappa shape index (κ3) is 1.98. The molecule has 0 radical (unpaired) electrons. The van der Waals surface area contributed by atoms with Crippen molar-refractivity contribution >= 4 is 21.9 Å². The van der Waals surface area contributed by atoms with Crippen molar-refractivity contribution in [1.82, 2.24) is 0 Å². The summed E-state index contributed by atoms with van der Waals surface area (Å²) in [5.41, 5.74) is 0.752. The van der Waals surface area contributed by atoms with Gasteiger partial charge in [-0.15, -0.1) is 0 Å². The second-order valence-electron chi connectivity index (χ2n) is 4.47. The Bertz CT molecular complexity index is 879. The smallest absolute Gasteiger partial charge is 0.204 e. The van der Waals surface area contributed by atoms with E-state index in [2.05, 4.69) is 0 Å². The summed E-state index contributed by atoms with van der Waals surface area (Å²) in [7, 11) is 4.58. The molecule has 108 valence electrons. The standard InChI is InChI=1S/C16H14O5/c1-18-10-5-4-6-11-15(10)16(17)9-7-13(19-2)14(20-3)8-12(9)21-11/h4-8H,1-3H3. The molecule has 1 aromatic heterocycles. The monoisotopic (exact) mass is 286 g/mol. The summed E-state index contributed by atoms with van der Waals surface area (Å²) < 4.78 is 21.5. The normalized spacial score (nSPS) is 10.8. The molecule has 0 bridgehead atoms. The number of ether oxygens (including phenoxy) is 3. The van der Waals surface area contributed by atoms with Gasteiger partial charge in [-0.05, 0) is 18.2 Å². The van der Waals surface area contributed by atoms with E-state index in [0.717, 1.165) is 0 Å². The number of methoxy groups -OCH3 is 3. The van der Waals surface area contributed by atoms with E-state index in [0.29, 0.717) is 39.2 Å². The predicted molar refractivity (Wildman–Crippen MR) is 79.6 cm³/mol. The van der Waals surface area contributed by atoms with Crippen LogP contribution in [0.2, 0.25) is 0 Å². The first-order valence-electron chi connectivity index (χ1n) is 6.35. The molecule has 0 saturated carbocycles. The molecule has 0 amide bonds. The van der Waals surface area contributed by atoms with Crippen LogP contribution in [-0.2, 0) is 0 Å². The van der Waals surface area contributed by atoms with Gasteiger partial charge < -0.3 is 18.6 Å². The maximum atomic E-state index is 12.7. The number of benzene rings is 2. The lowest BCUT2D eigenvalue weighted by molar-refractivity contribution is 0.355. The summed E-state index contributed by atoms with van der Waals surface area (Å²) in [5, 5.41) is 0.837. The van der Waals surface area contributed by atoms with E-state index in [1.165, 1.54) is 21.3 Å². The zero-order chi connectivity index (χ0) is 15.0. The summed E-state index contributed by atoms with van der Waals surface area (Å²) in [6.45, 7) is 0. The number of fused-ring (bicyclic) bond motifs is 2. The maximum Gasteiger partial charge on any atom is 0.204 e. The van der Waals surface area contributed by atoms with Gasteiger partial charge in [0.05, 0.1) is 26.7 Å². The van der Waals surface area contributed by atoms with E-state index >= 15 is 0 Å². The molecule has 0 unspecified atom stereocenters. The van der Waals surface area contributed by atoms with E-state index in [4.69, 9.17) is 18.6 Å². The van der Waals surface area contributed by atoms with Crippen molar-refractivity contribution in [3.63, 3.8) is 0 Å². The van der Waals surface area contributed by atoms with Crippen molar-refractivity contribution in [1.29, 1.82) is 0 Å². The van der Waals surface area contributed by atoms with E-state index in [-0.39, 0.29) is 5.43 Å². The number of hydrogen-bond acceptors (Lipinski definition) is 5. The second-order valence-corrected chi connectivity index (χ2v) is 4.47. The highest BCUT2D eigenvalue weighted by Crippen LogP contribution is 2.33. The molecule has 2 aromatic carbocycles. The Kier molecular flexibility index (Phi) is 3.17. The molecular formula is C16H14O5. The molecule has 0 aliphatic heterocycles. The van der Waals surface area contributed by atoms with Gasteiger partial charge in [0.1, 0.15) is 22.3 Å². The van der Waals surface area contributed by atoms with Gasteiger partial charge in [0.2, 0.25) is 5.43 Å². The minimum absolute atomic E-state index is 0.162. The molecule has 0 fully saturated rings. The Morgan fingerprint density at radius 2 is 1.52 bits per heavy atom. The summed E-state index contributed by atoms with van der Waals surface area (Å²) in [6.07, 6.45) is 0. The Balaban J connectivity index is 2.48. The SMILES string of the molecule is COc1cc2oc3cccc(OC)c3c(=O)c2cc1OC. The quantitative estimate of drug-likeness (QED) is 0.693. The minimum atomic E-state index is -0.162. The molecule has 3 rings (SSSR count). The van der Waals surface area contributed by atoms with Crippen molar-refractivity contribution < 1.29 is 18.6 Å². The van der Waals surface area contributed by atoms with Gasteiger partial charge in [-0.2, -0.15) is 0 Å². The fourth-order valence-corrected chi connectivity index (χ4v) is 2.37. The first-order chi connectivity index (χ1) is 10.2. The van der Waals surface area contributed by atoms with Crippen LogP contribution in [0, 0.1) is 0 Å². The van der Waals surface area contributed by atoms with Gasteiger partial charge in [-0.3, -0.25) is 4.79 Å². The summed E-state index contributed by atoms with van der Waals surface area (Å²) in [6, 6.07) is 8.50.